The third-order valence-electron chi connectivity index (χ3n) is 2.83. The van der Waals surface area contributed by atoms with Crippen LogP contribution in [-0.4, -0.2) is 13.2 Å². The van der Waals surface area contributed by atoms with E-state index in [9.17, 15) is 0 Å². The van der Waals surface area contributed by atoms with Gasteiger partial charge in [0.05, 0.1) is 0 Å². The maximum atomic E-state index is 6.07. The van der Waals surface area contributed by atoms with Crippen LogP contribution in [0, 0.1) is 0 Å². The fourth-order valence-electron chi connectivity index (χ4n) is 1.76. The zero-order valence-corrected chi connectivity index (χ0v) is 13.6. The van der Waals surface area contributed by atoms with E-state index in [1.165, 1.54) is 0 Å². The van der Waals surface area contributed by atoms with Crippen molar-refractivity contribution in [3.8, 4) is 11.5 Å². The van der Waals surface area contributed by atoms with E-state index in [1.807, 2.05) is 42.5 Å². The molecule has 4 heteroatoms. The minimum atomic E-state index is 0.501. The van der Waals surface area contributed by atoms with Crippen molar-refractivity contribution in [1.29, 1.82) is 0 Å². The smallest absolute Gasteiger partial charge is 0.122 e. The number of halogens is 2. The summed E-state index contributed by atoms with van der Waals surface area (Å²) in [6.07, 6.45) is 0.894. The molecule has 0 radical (unpaired) electrons. The predicted octanol–water partition coefficient (Wildman–Crippen LogP) is 5.12. The molecule has 0 heterocycles. The van der Waals surface area contributed by atoms with Crippen molar-refractivity contribution in [2.24, 2.45) is 0 Å². The Bertz CT molecular complexity index is 555. The average Bonchev–Trinajstić information content (AvgIpc) is 2.47. The fourth-order valence-corrected chi connectivity index (χ4v) is 2.28. The molecule has 2 aromatic rings. The molecule has 0 saturated carbocycles. The summed E-state index contributed by atoms with van der Waals surface area (Å²) in [5.41, 5.74) is 1.10. The zero-order chi connectivity index (χ0) is 14.4. The SMILES string of the molecule is CCc1cc(OCCOc2ccc(Br)cc2)ccc1Cl. The Morgan fingerprint density at radius 2 is 1.55 bits per heavy atom. The van der Waals surface area contributed by atoms with Gasteiger partial charge in [-0.1, -0.05) is 34.5 Å². The number of hydrogen-bond donors (Lipinski definition) is 0. The number of ether oxygens (including phenoxy) is 2. The summed E-state index contributed by atoms with van der Waals surface area (Å²) in [7, 11) is 0. The van der Waals surface area contributed by atoms with E-state index >= 15 is 0 Å². The molecule has 0 amide bonds. The molecule has 0 aliphatic heterocycles. The van der Waals surface area contributed by atoms with Gasteiger partial charge in [-0.3, -0.25) is 0 Å². The zero-order valence-electron chi connectivity index (χ0n) is 11.2. The predicted molar refractivity (Wildman–Crippen MR) is 86.0 cm³/mol. The Kier molecular flexibility index (Phi) is 5.74. The highest BCUT2D eigenvalue weighted by atomic mass is 79.9. The molecule has 0 N–H and O–H groups in total. The van der Waals surface area contributed by atoms with Crippen molar-refractivity contribution in [2.75, 3.05) is 13.2 Å². The summed E-state index contributed by atoms with van der Waals surface area (Å²) >= 11 is 9.45. The van der Waals surface area contributed by atoms with E-state index in [-0.39, 0.29) is 0 Å². The summed E-state index contributed by atoms with van der Waals surface area (Å²) in [5.74, 6) is 1.66. The van der Waals surface area contributed by atoms with Crippen LogP contribution in [0.5, 0.6) is 11.5 Å². The Morgan fingerprint density at radius 3 is 2.20 bits per heavy atom. The number of benzene rings is 2. The van der Waals surface area contributed by atoms with Crippen molar-refractivity contribution >= 4 is 27.5 Å². The van der Waals surface area contributed by atoms with Crippen molar-refractivity contribution in [2.45, 2.75) is 13.3 Å². The molecule has 0 aliphatic rings. The topological polar surface area (TPSA) is 18.5 Å². The minimum absolute atomic E-state index is 0.501. The third-order valence-corrected chi connectivity index (χ3v) is 3.73. The highest BCUT2D eigenvalue weighted by Crippen LogP contribution is 2.22. The van der Waals surface area contributed by atoms with Gasteiger partial charge < -0.3 is 9.47 Å². The summed E-state index contributed by atoms with van der Waals surface area (Å²) in [4.78, 5) is 0. The van der Waals surface area contributed by atoms with E-state index in [4.69, 9.17) is 21.1 Å². The quantitative estimate of drug-likeness (QED) is 0.669. The molecule has 106 valence electrons. The molecule has 0 unspecified atom stereocenters. The van der Waals surface area contributed by atoms with Crippen molar-refractivity contribution in [3.05, 3.63) is 57.5 Å². The van der Waals surface area contributed by atoms with Gasteiger partial charge in [-0.2, -0.15) is 0 Å². The van der Waals surface area contributed by atoms with E-state index in [0.29, 0.717) is 13.2 Å². The van der Waals surface area contributed by atoms with Crippen LogP contribution in [0.15, 0.2) is 46.9 Å². The first-order chi connectivity index (χ1) is 9.69. The molecule has 2 rings (SSSR count). The first-order valence-corrected chi connectivity index (χ1v) is 7.65. The molecule has 0 bridgehead atoms. The highest BCUT2D eigenvalue weighted by molar-refractivity contribution is 9.10. The lowest BCUT2D eigenvalue weighted by Crippen LogP contribution is -2.09. The van der Waals surface area contributed by atoms with E-state index in [1.54, 1.807) is 0 Å². The molecule has 2 nitrogen and oxygen atoms in total. The molecule has 0 aromatic heterocycles. The van der Waals surface area contributed by atoms with Crippen LogP contribution in [0.25, 0.3) is 0 Å². The monoisotopic (exact) mass is 354 g/mol. The molecular formula is C16H16BrClO2. The summed E-state index contributed by atoms with van der Waals surface area (Å²) in [5, 5.41) is 0.783. The van der Waals surface area contributed by atoms with Crippen molar-refractivity contribution < 1.29 is 9.47 Å². The van der Waals surface area contributed by atoms with Gasteiger partial charge in [-0.25, -0.2) is 0 Å². The molecule has 0 atom stereocenters. The summed E-state index contributed by atoms with van der Waals surface area (Å²) in [6, 6.07) is 13.4. The number of aryl methyl sites for hydroxylation is 1. The van der Waals surface area contributed by atoms with Gasteiger partial charge in [0.25, 0.3) is 0 Å². The van der Waals surface area contributed by atoms with Gasteiger partial charge in [0.2, 0.25) is 0 Å². The average molecular weight is 356 g/mol. The Balaban J connectivity index is 1.79. The number of rotatable bonds is 6. The standard InChI is InChI=1S/C16H16BrClO2/c1-2-12-11-15(7-8-16(12)18)20-10-9-19-14-5-3-13(17)4-6-14/h3-8,11H,2,9-10H2,1H3. The molecule has 20 heavy (non-hydrogen) atoms. The first-order valence-electron chi connectivity index (χ1n) is 6.48. The summed E-state index contributed by atoms with van der Waals surface area (Å²) < 4.78 is 12.3. The lowest BCUT2D eigenvalue weighted by Gasteiger charge is -2.10. The van der Waals surface area contributed by atoms with E-state index < -0.39 is 0 Å². The maximum Gasteiger partial charge on any atom is 0.122 e. The second kappa shape index (κ2) is 7.55. The maximum absolute atomic E-state index is 6.07. The Labute approximate surface area is 132 Å². The van der Waals surface area contributed by atoms with E-state index in [2.05, 4.69) is 22.9 Å². The molecular weight excluding hydrogens is 340 g/mol. The van der Waals surface area contributed by atoms with Gasteiger partial charge in [-0.15, -0.1) is 0 Å². The number of hydrogen-bond acceptors (Lipinski definition) is 2. The third kappa shape index (κ3) is 4.43. The van der Waals surface area contributed by atoms with Gasteiger partial charge >= 0.3 is 0 Å². The van der Waals surface area contributed by atoms with Gasteiger partial charge in [-0.05, 0) is 54.4 Å². The lowest BCUT2D eigenvalue weighted by molar-refractivity contribution is 0.217. The van der Waals surface area contributed by atoms with Crippen LogP contribution in [0.4, 0.5) is 0 Å². The second-order valence-electron chi connectivity index (χ2n) is 4.26. The largest absolute Gasteiger partial charge is 0.490 e. The summed E-state index contributed by atoms with van der Waals surface area (Å²) in [6.45, 7) is 3.08. The van der Waals surface area contributed by atoms with Gasteiger partial charge in [0.1, 0.15) is 24.7 Å². The van der Waals surface area contributed by atoms with Crippen molar-refractivity contribution in [3.63, 3.8) is 0 Å². The van der Waals surface area contributed by atoms with Crippen molar-refractivity contribution in [1.82, 2.24) is 0 Å². The first kappa shape index (κ1) is 15.2. The molecule has 0 aliphatic carbocycles. The van der Waals surface area contributed by atoms with Crippen LogP contribution in [0.3, 0.4) is 0 Å². The van der Waals surface area contributed by atoms with Crippen LogP contribution in [0.1, 0.15) is 12.5 Å². The second-order valence-corrected chi connectivity index (χ2v) is 5.58. The Hall–Kier alpha value is -1.19. The van der Waals surface area contributed by atoms with Crippen LogP contribution >= 0.6 is 27.5 Å². The highest BCUT2D eigenvalue weighted by Gasteiger charge is 2.01. The van der Waals surface area contributed by atoms with Crippen LogP contribution in [-0.2, 0) is 6.42 Å². The van der Waals surface area contributed by atoms with Gasteiger partial charge in [0, 0.05) is 9.50 Å². The lowest BCUT2D eigenvalue weighted by atomic mass is 10.1. The molecule has 0 saturated heterocycles. The molecule has 0 fully saturated rings. The van der Waals surface area contributed by atoms with Gasteiger partial charge in [0.15, 0.2) is 0 Å². The molecule has 0 spiro atoms. The van der Waals surface area contributed by atoms with Crippen LogP contribution in [0.2, 0.25) is 5.02 Å². The Morgan fingerprint density at radius 1 is 0.950 bits per heavy atom. The normalized spacial score (nSPS) is 10.3. The fraction of sp³-hybridized carbons (Fsp3) is 0.250. The van der Waals surface area contributed by atoms with E-state index in [0.717, 1.165) is 33.0 Å². The molecule has 2 aromatic carbocycles. The minimum Gasteiger partial charge on any atom is -0.490 e. The van der Waals surface area contributed by atoms with Crippen LogP contribution < -0.4 is 9.47 Å².